The molecule has 0 aromatic heterocycles. The minimum absolute atomic E-state index is 0.0365. The van der Waals surface area contributed by atoms with Gasteiger partial charge in [0, 0.05) is 64.1 Å². The van der Waals surface area contributed by atoms with Crippen molar-refractivity contribution in [3.8, 4) is 0 Å². The van der Waals surface area contributed by atoms with Gasteiger partial charge in [0.1, 0.15) is 26.3 Å². The predicted molar refractivity (Wildman–Crippen MR) is 225 cm³/mol. The molecule has 352 valence electrons. The zero-order valence-corrected chi connectivity index (χ0v) is 37.0. The van der Waals surface area contributed by atoms with E-state index in [1.54, 1.807) is 21.0 Å². The number of alkyl carbamates (subject to hydrolysis) is 1. The van der Waals surface area contributed by atoms with Gasteiger partial charge in [-0.25, -0.2) is 4.79 Å². The number of ether oxygens (including phenoxy) is 5. The third-order valence-electron chi connectivity index (χ3n) is 9.46. The lowest BCUT2D eigenvalue weighted by Crippen LogP contribution is -2.47. The highest BCUT2D eigenvalue weighted by Gasteiger charge is 2.24. The molecule has 0 aromatic carbocycles. The standard InChI is InChI=1S/C41H75N7O13/c1-5-6-21-58-24-26-60-37(52)28-33(15-9-12-19-47-41(56)61-27-25-59-23-22-57-4)40(55)46-20-16-36(51)48(29-34(49)44-17-10-7-13-31(2)38(42)53)30-35(50)45-18-11-8-14-32(3)39(43)54/h31-33H,5-30H2,1-4H3,(H2,42,53)(H2,43,54)(H,44,49)(H,45,50)(H,46,55)(H,47,56). The second kappa shape index (κ2) is 37.2. The first kappa shape index (κ1) is 56.4. The Morgan fingerprint density at radius 3 is 1.62 bits per heavy atom. The molecule has 0 fully saturated rings. The van der Waals surface area contributed by atoms with Crippen LogP contribution >= 0.6 is 0 Å². The molecule has 8 N–H and O–H groups in total. The average Bonchev–Trinajstić information content (AvgIpc) is 3.21. The number of esters is 1. The summed E-state index contributed by atoms with van der Waals surface area (Å²) in [7, 11) is 1.56. The molecule has 3 atom stereocenters. The summed E-state index contributed by atoms with van der Waals surface area (Å²) in [6.07, 6.45) is 5.61. The van der Waals surface area contributed by atoms with E-state index < -0.39 is 66.5 Å². The predicted octanol–water partition coefficient (Wildman–Crippen LogP) is 1.06. The molecule has 0 radical (unpaired) electrons. The van der Waals surface area contributed by atoms with Crippen LogP contribution in [0.1, 0.15) is 104 Å². The van der Waals surface area contributed by atoms with Gasteiger partial charge in [-0.05, 0) is 44.9 Å². The quantitative estimate of drug-likeness (QED) is 0.0373. The second-order valence-corrected chi connectivity index (χ2v) is 14.8. The second-order valence-electron chi connectivity index (χ2n) is 14.8. The molecule has 20 nitrogen and oxygen atoms in total. The number of rotatable bonds is 39. The first-order chi connectivity index (χ1) is 29.2. The Morgan fingerprint density at radius 1 is 0.574 bits per heavy atom. The Hall–Kier alpha value is -4.56. The van der Waals surface area contributed by atoms with E-state index >= 15 is 0 Å². The van der Waals surface area contributed by atoms with Crippen LogP contribution in [0.2, 0.25) is 0 Å². The number of unbranched alkanes of at least 4 members (excludes halogenated alkanes) is 4. The maximum Gasteiger partial charge on any atom is 0.407 e. The molecule has 0 aromatic rings. The third kappa shape index (κ3) is 32.8. The number of nitrogens with one attached hydrogen (secondary N) is 4. The Kier molecular flexibility index (Phi) is 34.4. The normalized spacial score (nSPS) is 12.3. The van der Waals surface area contributed by atoms with Crippen molar-refractivity contribution in [3.63, 3.8) is 0 Å². The average molecular weight is 874 g/mol. The number of carbonyl (C=O) groups is 8. The smallest absolute Gasteiger partial charge is 0.407 e. The molecule has 20 heteroatoms. The molecule has 0 spiro atoms. The van der Waals surface area contributed by atoms with Crippen molar-refractivity contribution in [2.24, 2.45) is 29.2 Å². The van der Waals surface area contributed by atoms with E-state index in [9.17, 15) is 38.4 Å². The monoisotopic (exact) mass is 874 g/mol. The largest absolute Gasteiger partial charge is 0.463 e. The lowest BCUT2D eigenvalue weighted by atomic mass is 9.97. The van der Waals surface area contributed by atoms with E-state index in [0.29, 0.717) is 84.3 Å². The molecule has 0 rings (SSSR count). The van der Waals surface area contributed by atoms with Gasteiger partial charge in [-0.2, -0.15) is 0 Å². The van der Waals surface area contributed by atoms with Gasteiger partial charge in [0.25, 0.3) is 0 Å². The highest BCUT2D eigenvalue weighted by Crippen LogP contribution is 2.15. The zero-order chi connectivity index (χ0) is 45.7. The SMILES string of the molecule is CCCCOCCOC(=O)CC(CCCCNC(=O)OCCOCCOC)C(=O)NCCC(=O)N(CC(=O)NCCCCC(C)C(N)=O)CC(=O)NCCCCC(C)C(N)=O. The van der Waals surface area contributed by atoms with E-state index in [1.807, 2.05) is 6.92 Å². The van der Waals surface area contributed by atoms with Crippen molar-refractivity contribution >= 4 is 47.5 Å². The molecule has 0 aliphatic heterocycles. The molecule has 0 bridgehead atoms. The van der Waals surface area contributed by atoms with Crippen molar-refractivity contribution in [1.29, 1.82) is 0 Å². The number of hydrogen-bond donors (Lipinski definition) is 6. The van der Waals surface area contributed by atoms with Gasteiger partial charge in [0.05, 0.1) is 32.8 Å². The lowest BCUT2D eigenvalue weighted by molar-refractivity contribution is -0.148. The van der Waals surface area contributed by atoms with Crippen molar-refractivity contribution < 1.29 is 62.0 Å². The summed E-state index contributed by atoms with van der Waals surface area (Å²) in [5, 5.41) is 10.8. The topological polar surface area (TPSA) is 286 Å². The summed E-state index contributed by atoms with van der Waals surface area (Å²) in [5.41, 5.74) is 10.6. The van der Waals surface area contributed by atoms with Crippen LogP contribution < -0.4 is 32.7 Å². The number of carbonyl (C=O) groups excluding carboxylic acids is 8. The highest BCUT2D eigenvalue weighted by molar-refractivity contribution is 5.89. The molecular formula is C41H75N7O13. The number of hydrogen-bond acceptors (Lipinski definition) is 13. The van der Waals surface area contributed by atoms with Crippen LogP contribution in [0.4, 0.5) is 4.79 Å². The molecule has 3 unspecified atom stereocenters. The summed E-state index contributed by atoms with van der Waals surface area (Å²) in [6.45, 7) is 7.32. The van der Waals surface area contributed by atoms with Crippen LogP contribution in [0, 0.1) is 17.8 Å². The Bertz CT molecular complexity index is 1250. The van der Waals surface area contributed by atoms with Crippen LogP contribution in [0.25, 0.3) is 0 Å². The van der Waals surface area contributed by atoms with Crippen molar-refractivity contribution in [2.75, 3.05) is 92.6 Å². The van der Waals surface area contributed by atoms with Gasteiger partial charge in [0.15, 0.2) is 0 Å². The Balaban J connectivity index is 5.33. The molecule has 61 heavy (non-hydrogen) atoms. The van der Waals surface area contributed by atoms with Crippen LogP contribution in [-0.2, 0) is 57.2 Å². The summed E-state index contributed by atoms with van der Waals surface area (Å²) < 4.78 is 25.9. The third-order valence-corrected chi connectivity index (χ3v) is 9.46. The van der Waals surface area contributed by atoms with Gasteiger partial charge in [-0.15, -0.1) is 0 Å². The Morgan fingerprint density at radius 2 is 1.08 bits per heavy atom. The minimum atomic E-state index is -0.801. The summed E-state index contributed by atoms with van der Waals surface area (Å²) >= 11 is 0. The Labute approximate surface area is 361 Å². The van der Waals surface area contributed by atoms with Gasteiger partial charge in [-0.1, -0.05) is 46.5 Å². The van der Waals surface area contributed by atoms with Crippen molar-refractivity contribution in [2.45, 2.75) is 104 Å². The van der Waals surface area contributed by atoms with Gasteiger partial charge >= 0.3 is 12.1 Å². The van der Waals surface area contributed by atoms with Crippen LogP contribution in [0.15, 0.2) is 0 Å². The van der Waals surface area contributed by atoms with Crippen molar-refractivity contribution in [1.82, 2.24) is 26.2 Å². The van der Waals surface area contributed by atoms with Crippen molar-refractivity contribution in [3.05, 3.63) is 0 Å². The van der Waals surface area contributed by atoms with E-state index in [2.05, 4.69) is 21.3 Å². The molecule has 0 aliphatic carbocycles. The number of amides is 7. The fourth-order valence-corrected chi connectivity index (χ4v) is 5.52. The number of nitrogens with zero attached hydrogens (tertiary/aromatic N) is 1. The number of methoxy groups -OCH3 is 1. The molecule has 0 saturated carbocycles. The van der Waals surface area contributed by atoms with Gasteiger partial charge in [0.2, 0.25) is 35.4 Å². The van der Waals surface area contributed by atoms with Crippen LogP contribution in [0.5, 0.6) is 0 Å². The van der Waals surface area contributed by atoms with E-state index in [4.69, 9.17) is 35.2 Å². The highest BCUT2D eigenvalue weighted by atomic mass is 16.6. The fraction of sp³-hybridized carbons (Fsp3) is 0.805. The van der Waals surface area contributed by atoms with E-state index in [-0.39, 0.29) is 70.6 Å². The zero-order valence-electron chi connectivity index (χ0n) is 37.0. The first-order valence-corrected chi connectivity index (χ1v) is 21.6. The number of primary amides is 2. The van der Waals surface area contributed by atoms with E-state index in [1.165, 1.54) is 0 Å². The van der Waals surface area contributed by atoms with E-state index in [0.717, 1.165) is 17.7 Å². The molecular weight excluding hydrogens is 798 g/mol. The summed E-state index contributed by atoms with van der Waals surface area (Å²) in [4.78, 5) is 101. The maximum atomic E-state index is 13.4. The molecule has 0 saturated heterocycles. The molecule has 0 aliphatic rings. The van der Waals surface area contributed by atoms with Crippen LogP contribution in [0.3, 0.4) is 0 Å². The van der Waals surface area contributed by atoms with Gasteiger partial charge < -0.3 is 61.3 Å². The first-order valence-electron chi connectivity index (χ1n) is 21.6. The fourth-order valence-electron chi connectivity index (χ4n) is 5.52. The molecule has 7 amide bonds. The van der Waals surface area contributed by atoms with Crippen LogP contribution in [-0.4, -0.2) is 145 Å². The number of nitrogens with two attached hydrogens (primary N) is 2. The lowest BCUT2D eigenvalue weighted by Gasteiger charge is -2.22. The summed E-state index contributed by atoms with van der Waals surface area (Å²) in [5.74, 6) is -4.78. The molecule has 0 heterocycles. The maximum absolute atomic E-state index is 13.4. The summed E-state index contributed by atoms with van der Waals surface area (Å²) in [6, 6.07) is 0. The van der Waals surface area contributed by atoms with Gasteiger partial charge in [-0.3, -0.25) is 33.6 Å². The minimum Gasteiger partial charge on any atom is -0.463 e.